The normalized spacial score (nSPS) is 15.3. The van der Waals surface area contributed by atoms with E-state index in [-0.39, 0.29) is 12.5 Å². The Hall–Kier alpha value is -1.26. The van der Waals surface area contributed by atoms with E-state index in [0.717, 1.165) is 5.56 Å². The number of amidine groups is 1. The van der Waals surface area contributed by atoms with Gasteiger partial charge in [0.2, 0.25) is 0 Å². The van der Waals surface area contributed by atoms with E-state index in [1.54, 1.807) is 18.2 Å². The van der Waals surface area contributed by atoms with Crippen LogP contribution in [0.4, 0.5) is 0 Å². The number of hydrazone groups is 1. The van der Waals surface area contributed by atoms with Crippen molar-refractivity contribution in [2.45, 2.75) is 0 Å². The summed E-state index contributed by atoms with van der Waals surface area (Å²) in [6, 6.07) is 5.07. The van der Waals surface area contributed by atoms with Gasteiger partial charge in [-0.2, -0.15) is 5.10 Å². The van der Waals surface area contributed by atoms with Crippen LogP contribution < -0.4 is 10.7 Å². The van der Waals surface area contributed by atoms with Crippen LogP contribution in [-0.2, 0) is 4.79 Å². The largest absolute Gasteiger partial charge is 0.359 e. The Morgan fingerprint density at radius 3 is 2.40 bits per heavy atom. The Morgan fingerprint density at radius 1 is 1.20 bits per heavy atom. The zero-order valence-electron chi connectivity index (χ0n) is 7.55. The average Bonchev–Trinajstić information content (AvgIpc) is 2.17. The zero-order valence-corrected chi connectivity index (χ0v) is 9.06. The van der Waals surface area contributed by atoms with Gasteiger partial charge in [-0.3, -0.25) is 4.79 Å². The van der Waals surface area contributed by atoms with Gasteiger partial charge >= 0.3 is 0 Å². The highest BCUT2D eigenvalue weighted by Gasteiger charge is 2.12. The number of carbonyl (C=O) groups is 1. The van der Waals surface area contributed by atoms with Crippen molar-refractivity contribution >= 4 is 34.9 Å². The molecule has 0 spiro atoms. The topological polar surface area (TPSA) is 53.5 Å². The van der Waals surface area contributed by atoms with Crippen LogP contribution in [0.5, 0.6) is 0 Å². The fourth-order valence-corrected chi connectivity index (χ4v) is 1.74. The van der Waals surface area contributed by atoms with Gasteiger partial charge in [0.05, 0.1) is 6.54 Å². The molecule has 1 aliphatic heterocycles. The quantitative estimate of drug-likeness (QED) is 0.783. The van der Waals surface area contributed by atoms with Crippen molar-refractivity contribution < 1.29 is 4.79 Å². The van der Waals surface area contributed by atoms with E-state index in [2.05, 4.69) is 15.8 Å². The summed E-state index contributed by atoms with van der Waals surface area (Å²) in [5.74, 6) is 0.380. The van der Waals surface area contributed by atoms with Crippen molar-refractivity contribution in [2.24, 2.45) is 5.10 Å². The zero-order chi connectivity index (χ0) is 10.8. The molecule has 0 aliphatic carbocycles. The summed E-state index contributed by atoms with van der Waals surface area (Å²) < 4.78 is 0. The van der Waals surface area contributed by atoms with Crippen LogP contribution in [0.25, 0.3) is 0 Å². The first-order chi connectivity index (χ1) is 7.15. The van der Waals surface area contributed by atoms with Gasteiger partial charge in [0, 0.05) is 15.6 Å². The third-order valence-electron chi connectivity index (χ3n) is 1.84. The second-order valence-electron chi connectivity index (χ2n) is 3.01. The second kappa shape index (κ2) is 4.08. The molecule has 78 valence electrons. The molecule has 0 unspecified atom stereocenters. The molecule has 1 aliphatic rings. The number of nitrogens with one attached hydrogen (secondary N) is 2. The molecule has 1 heterocycles. The van der Waals surface area contributed by atoms with Crippen molar-refractivity contribution in [1.29, 1.82) is 0 Å². The fourth-order valence-electron chi connectivity index (χ4n) is 1.22. The molecule has 2 rings (SSSR count). The molecule has 0 aromatic heterocycles. The Morgan fingerprint density at radius 2 is 1.87 bits per heavy atom. The molecule has 1 amide bonds. The molecule has 2 N–H and O–H groups in total. The number of benzene rings is 1. The lowest BCUT2D eigenvalue weighted by Crippen LogP contribution is -2.42. The maximum absolute atomic E-state index is 10.8. The highest BCUT2D eigenvalue weighted by atomic mass is 35.5. The number of hydrogen-bond acceptors (Lipinski definition) is 3. The van der Waals surface area contributed by atoms with E-state index >= 15 is 0 Å². The predicted octanol–water partition coefficient (Wildman–Crippen LogP) is 1.37. The SMILES string of the molecule is O=C1CNC(c2cc(Cl)cc(Cl)c2)=NN1. The molecule has 0 saturated carbocycles. The highest BCUT2D eigenvalue weighted by molar-refractivity contribution is 6.35. The molecule has 1 aromatic carbocycles. The summed E-state index contributed by atoms with van der Waals surface area (Å²) >= 11 is 11.7. The monoisotopic (exact) mass is 243 g/mol. The number of amides is 1. The third-order valence-corrected chi connectivity index (χ3v) is 2.28. The van der Waals surface area contributed by atoms with Crippen LogP contribution in [0, 0.1) is 0 Å². The summed E-state index contributed by atoms with van der Waals surface area (Å²) in [5, 5.41) is 7.77. The minimum absolute atomic E-state index is 0.174. The lowest BCUT2D eigenvalue weighted by Gasteiger charge is -2.14. The fraction of sp³-hybridized carbons (Fsp3) is 0.111. The lowest BCUT2D eigenvalue weighted by molar-refractivity contribution is -0.120. The first-order valence-corrected chi connectivity index (χ1v) is 4.97. The number of carbonyl (C=O) groups excluding carboxylic acids is 1. The molecule has 1 aromatic rings. The standard InChI is InChI=1S/C9H7Cl2N3O/c10-6-1-5(2-7(11)3-6)9-12-4-8(15)13-14-9/h1-3H,4H2,(H,12,14)(H,13,15). The number of halogens is 2. The third kappa shape index (κ3) is 2.40. The molecule has 0 atom stereocenters. The van der Waals surface area contributed by atoms with Gasteiger partial charge < -0.3 is 5.32 Å². The van der Waals surface area contributed by atoms with Crippen LogP contribution in [-0.4, -0.2) is 18.3 Å². The van der Waals surface area contributed by atoms with E-state index in [4.69, 9.17) is 23.2 Å². The minimum Gasteiger partial charge on any atom is -0.359 e. The van der Waals surface area contributed by atoms with E-state index in [1.165, 1.54) is 0 Å². The van der Waals surface area contributed by atoms with E-state index in [1.807, 2.05) is 0 Å². The summed E-state index contributed by atoms with van der Waals surface area (Å²) in [6.45, 7) is 0.197. The van der Waals surface area contributed by atoms with Crippen molar-refractivity contribution in [3.05, 3.63) is 33.8 Å². The van der Waals surface area contributed by atoms with Crippen molar-refractivity contribution in [3.8, 4) is 0 Å². The molecule has 15 heavy (non-hydrogen) atoms. The number of nitrogens with zero attached hydrogens (tertiary/aromatic N) is 1. The number of hydrogen-bond donors (Lipinski definition) is 2. The maximum atomic E-state index is 10.8. The van der Waals surface area contributed by atoms with Gasteiger partial charge in [-0.25, -0.2) is 5.43 Å². The molecular weight excluding hydrogens is 237 g/mol. The van der Waals surface area contributed by atoms with Crippen LogP contribution in [0.15, 0.2) is 23.3 Å². The smallest absolute Gasteiger partial charge is 0.259 e. The first-order valence-electron chi connectivity index (χ1n) is 4.22. The summed E-state index contributed by atoms with van der Waals surface area (Å²) in [6.07, 6.45) is 0. The van der Waals surface area contributed by atoms with Gasteiger partial charge in [0.15, 0.2) is 5.84 Å². The van der Waals surface area contributed by atoms with Gasteiger partial charge in [-0.05, 0) is 18.2 Å². The second-order valence-corrected chi connectivity index (χ2v) is 3.88. The van der Waals surface area contributed by atoms with Crippen LogP contribution in [0.1, 0.15) is 5.56 Å². The van der Waals surface area contributed by atoms with Gasteiger partial charge in [0.25, 0.3) is 5.91 Å². The Kier molecular flexibility index (Phi) is 2.79. The van der Waals surface area contributed by atoms with E-state index in [0.29, 0.717) is 15.9 Å². The van der Waals surface area contributed by atoms with Crippen molar-refractivity contribution in [2.75, 3.05) is 6.54 Å². The summed E-state index contributed by atoms with van der Waals surface area (Å²) in [5.41, 5.74) is 3.11. The number of rotatable bonds is 1. The lowest BCUT2D eigenvalue weighted by atomic mass is 10.2. The minimum atomic E-state index is -0.174. The van der Waals surface area contributed by atoms with Crippen molar-refractivity contribution in [1.82, 2.24) is 10.7 Å². The Labute approximate surface area is 96.3 Å². The van der Waals surface area contributed by atoms with Crippen LogP contribution in [0.3, 0.4) is 0 Å². The molecule has 0 fully saturated rings. The molecular formula is C9H7Cl2N3O. The Bertz CT molecular complexity index is 425. The van der Waals surface area contributed by atoms with E-state index < -0.39 is 0 Å². The average molecular weight is 244 g/mol. The predicted molar refractivity (Wildman–Crippen MR) is 59.1 cm³/mol. The van der Waals surface area contributed by atoms with Gasteiger partial charge in [-0.1, -0.05) is 23.2 Å². The van der Waals surface area contributed by atoms with Crippen LogP contribution in [0.2, 0.25) is 10.0 Å². The van der Waals surface area contributed by atoms with Crippen LogP contribution >= 0.6 is 23.2 Å². The van der Waals surface area contributed by atoms with E-state index in [9.17, 15) is 4.79 Å². The summed E-state index contributed by atoms with van der Waals surface area (Å²) in [7, 11) is 0. The Balaban J connectivity index is 2.33. The first kappa shape index (κ1) is 10.3. The molecule has 6 heteroatoms. The van der Waals surface area contributed by atoms with Gasteiger partial charge in [0.1, 0.15) is 0 Å². The molecule has 0 saturated heterocycles. The maximum Gasteiger partial charge on any atom is 0.259 e. The van der Waals surface area contributed by atoms with Gasteiger partial charge in [-0.15, -0.1) is 0 Å². The molecule has 0 bridgehead atoms. The molecule has 0 radical (unpaired) electrons. The van der Waals surface area contributed by atoms with Crippen molar-refractivity contribution in [3.63, 3.8) is 0 Å². The molecule has 4 nitrogen and oxygen atoms in total. The summed E-state index contributed by atoms with van der Waals surface area (Å²) in [4.78, 5) is 10.8. The highest BCUT2D eigenvalue weighted by Crippen LogP contribution is 2.19.